The third-order valence-corrected chi connectivity index (χ3v) is 7.84. The molecule has 4 aromatic rings. The molecule has 0 radical (unpaired) electrons. The van der Waals surface area contributed by atoms with Crippen molar-refractivity contribution in [3.8, 4) is 17.6 Å². The van der Waals surface area contributed by atoms with E-state index >= 15 is 0 Å². The molecule has 1 aromatic heterocycles. The molecule has 0 saturated carbocycles. The number of nitriles is 1. The first kappa shape index (κ1) is 31.7. The maximum Gasteiger partial charge on any atom is 0.224 e. The molecule has 0 fully saturated rings. The van der Waals surface area contributed by atoms with Gasteiger partial charge in [0.25, 0.3) is 0 Å². The number of hydrogen-bond acceptors (Lipinski definition) is 9. The molecule has 3 aromatic carbocycles. The van der Waals surface area contributed by atoms with Crippen LogP contribution in [-0.2, 0) is 4.79 Å². The van der Waals surface area contributed by atoms with Gasteiger partial charge in [0.1, 0.15) is 24.2 Å². The quantitative estimate of drug-likeness (QED) is 0.133. The minimum absolute atomic E-state index is 0.0411. The standard InChI is InChI=1S/C34H38ClN7O3/c1-5-44-32-17-28-24(16-29(32)41-33(43)11-8-14-42(3)4)34(22(18-36)19-37-28)39-23-12-13-31(25(35)15-23)45-20-30-21(2)38-26-9-6-7-10-27(26)40-30/h6-7,9-10,12-13,15-17,19,21,30,38,40H,5,8,11,14,20H2,1-4H3,(H,37,39)(H,41,43). The summed E-state index contributed by atoms with van der Waals surface area (Å²) in [5.74, 6) is 0.950. The van der Waals surface area contributed by atoms with E-state index in [0.717, 1.165) is 24.3 Å². The number of rotatable bonds is 12. The molecule has 0 bridgehead atoms. The molecule has 2 atom stereocenters. The summed E-state index contributed by atoms with van der Waals surface area (Å²) in [5.41, 5.74) is 4.79. The number of benzene rings is 3. The number of ether oxygens (including phenoxy) is 2. The second kappa shape index (κ2) is 14.4. The van der Waals surface area contributed by atoms with Crippen molar-refractivity contribution in [2.75, 3.05) is 55.1 Å². The molecule has 11 heteroatoms. The third-order valence-electron chi connectivity index (χ3n) is 7.55. The summed E-state index contributed by atoms with van der Waals surface area (Å²) >= 11 is 6.68. The number of para-hydroxylation sites is 2. The molecule has 1 aliphatic rings. The van der Waals surface area contributed by atoms with E-state index in [1.165, 1.54) is 6.20 Å². The summed E-state index contributed by atoms with van der Waals surface area (Å²) in [6.45, 7) is 5.63. The lowest BCUT2D eigenvalue weighted by Gasteiger charge is -2.34. The minimum atomic E-state index is -0.115. The lowest BCUT2D eigenvalue weighted by molar-refractivity contribution is -0.116. The molecule has 1 amide bonds. The van der Waals surface area contributed by atoms with Crippen molar-refractivity contribution in [1.29, 1.82) is 5.26 Å². The van der Waals surface area contributed by atoms with Gasteiger partial charge in [-0.3, -0.25) is 9.78 Å². The number of halogens is 1. The van der Waals surface area contributed by atoms with E-state index in [1.807, 2.05) is 62.3 Å². The molecule has 1 aliphatic heterocycles. The van der Waals surface area contributed by atoms with Crippen molar-refractivity contribution in [3.63, 3.8) is 0 Å². The molecule has 10 nitrogen and oxygen atoms in total. The Hall–Kier alpha value is -4.72. The van der Waals surface area contributed by atoms with Crippen LogP contribution < -0.4 is 30.7 Å². The van der Waals surface area contributed by atoms with Gasteiger partial charge in [0.05, 0.1) is 51.5 Å². The van der Waals surface area contributed by atoms with Crippen LogP contribution in [0.2, 0.25) is 5.02 Å². The van der Waals surface area contributed by atoms with Gasteiger partial charge in [0.2, 0.25) is 5.91 Å². The first-order chi connectivity index (χ1) is 21.7. The highest BCUT2D eigenvalue weighted by atomic mass is 35.5. The zero-order valence-electron chi connectivity index (χ0n) is 25.9. The van der Waals surface area contributed by atoms with Gasteiger partial charge in [-0.05, 0) is 77.3 Å². The van der Waals surface area contributed by atoms with Gasteiger partial charge in [-0.15, -0.1) is 0 Å². The topological polar surface area (TPSA) is 124 Å². The first-order valence-electron chi connectivity index (χ1n) is 15.0. The van der Waals surface area contributed by atoms with Crippen LogP contribution in [0.1, 0.15) is 32.3 Å². The summed E-state index contributed by atoms with van der Waals surface area (Å²) < 4.78 is 12.0. The van der Waals surface area contributed by atoms with Gasteiger partial charge >= 0.3 is 0 Å². The Balaban J connectivity index is 1.36. The fourth-order valence-corrected chi connectivity index (χ4v) is 5.43. The van der Waals surface area contributed by atoms with Gasteiger partial charge in [0, 0.05) is 35.8 Å². The van der Waals surface area contributed by atoms with Crippen molar-refractivity contribution < 1.29 is 14.3 Å². The molecule has 0 aliphatic carbocycles. The number of pyridine rings is 1. The Labute approximate surface area is 268 Å². The van der Waals surface area contributed by atoms with Crippen molar-refractivity contribution >= 4 is 56.8 Å². The van der Waals surface area contributed by atoms with E-state index < -0.39 is 0 Å². The molecule has 5 rings (SSSR count). The molecule has 2 unspecified atom stereocenters. The fraction of sp³-hybridized carbons (Fsp3) is 0.324. The van der Waals surface area contributed by atoms with E-state index in [0.29, 0.717) is 69.7 Å². The van der Waals surface area contributed by atoms with Crippen molar-refractivity contribution in [3.05, 3.63) is 71.4 Å². The van der Waals surface area contributed by atoms with E-state index in [1.54, 1.807) is 18.2 Å². The average Bonchev–Trinajstić information content (AvgIpc) is 3.01. The number of amides is 1. The highest BCUT2D eigenvalue weighted by Crippen LogP contribution is 2.38. The summed E-state index contributed by atoms with van der Waals surface area (Å²) in [5, 5.41) is 24.4. The molecule has 4 N–H and O–H groups in total. The smallest absolute Gasteiger partial charge is 0.224 e. The normalized spacial score (nSPS) is 15.4. The van der Waals surface area contributed by atoms with Crippen LogP contribution in [0.15, 0.2) is 60.8 Å². The van der Waals surface area contributed by atoms with Crippen LogP contribution in [0, 0.1) is 11.3 Å². The highest BCUT2D eigenvalue weighted by Gasteiger charge is 2.25. The van der Waals surface area contributed by atoms with Gasteiger partial charge in [-0.25, -0.2) is 0 Å². The zero-order valence-corrected chi connectivity index (χ0v) is 26.7. The molecular formula is C34H38ClN7O3. The number of nitrogens with zero attached hydrogens (tertiary/aromatic N) is 3. The number of nitrogens with one attached hydrogen (secondary N) is 4. The van der Waals surface area contributed by atoms with Crippen molar-refractivity contribution in [1.82, 2.24) is 9.88 Å². The van der Waals surface area contributed by atoms with E-state index in [2.05, 4.69) is 39.2 Å². The predicted molar refractivity (Wildman–Crippen MR) is 181 cm³/mol. The number of aromatic nitrogens is 1. The lowest BCUT2D eigenvalue weighted by Crippen LogP contribution is -2.44. The predicted octanol–water partition coefficient (Wildman–Crippen LogP) is 6.86. The Kier molecular flexibility index (Phi) is 10.1. The maximum atomic E-state index is 12.8. The number of fused-ring (bicyclic) bond motifs is 2. The van der Waals surface area contributed by atoms with Crippen LogP contribution in [0.3, 0.4) is 0 Å². The molecule has 45 heavy (non-hydrogen) atoms. The summed E-state index contributed by atoms with van der Waals surface area (Å²) in [6.07, 6.45) is 2.62. The number of hydrogen-bond donors (Lipinski definition) is 4. The lowest BCUT2D eigenvalue weighted by atomic mass is 10.1. The molecule has 234 valence electrons. The van der Waals surface area contributed by atoms with Crippen LogP contribution >= 0.6 is 11.6 Å². The van der Waals surface area contributed by atoms with E-state index in [-0.39, 0.29) is 18.0 Å². The summed E-state index contributed by atoms with van der Waals surface area (Å²) in [4.78, 5) is 19.3. The third kappa shape index (κ3) is 7.69. The average molecular weight is 628 g/mol. The van der Waals surface area contributed by atoms with Crippen LogP contribution in [0.5, 0.6) is 11.5 Å². The molecule has 0 saturated heterocycles. The Morgan fingerprint density at radius 1 is 1.09 bits per heavy atom. The van der Waals surface area contributed by atoms with Crippen LogP contribution in [-0.4, -0.2) is 61.7 Å². The molecular weight excluding hydrogens is 590 g/mol. The molecule has 0 spiro atoms. The zero-order chi connectivity index (χ0) is 31.9. The van der Waals surface area contributed by atoms with Crippen molar-refractivity contribution in [2.24, 2.45) is 0 Å². The Morgan fingerprint density at radius 2 is 1.87 bits per heavy atom. The summed E-state index contributed by atoms with van der Waals surface area (Å²) in [7, 11) is 3.95. The second-order valence-electron chi connectivity index (χ2n) is 11.2. The fourth-order valence-electron chi connectivity index (χ4n) is 5.19. The molecule has 2 heterocycles. The van der Waals surface area contributed by atoms with Gasteiger partial charge in [-0.1, -0.05) is 23.7 Å². The SMILES string of the molecule is CCOc1cc2ncc(C#N)c(Nc3ccc(OCC4Nc5ccccc5NC4C)c(Cl)c3)c2cc1NC(=O)CCCN(C)C. The highest BCUT2D eigenvalue weighted by molar-refractivity contribution is 6.32. The van der Waals surface area contributed by atoms with Crippen molar-refractivity contribution in [2.45, 2.75) is 38.8 Å². The minimum Gasteiger partial charge on any atom is -0.492 e. The largest absolute Gasteiger partial charge is 0.492 e. The number of carbonyl (C=O) groups excluding carboxylic acids is 1. The number of carbonyl (C=O) groups is 1. The first-order valence-corrected chi connectivity index (χ1v) is 15.4. The van der Waals surface area contributed by atoms with E-state index in [4.69, 9.17) is 21.1 Å². The van der Waals surface area contributed by atoms with Crippen LogP contribution in [0.25, 0.3) is 10.9 Å². The maximum absolute atomic E-state index is 12.8. The Morgan fingerprint density at radius 3 is 2.58 bits per heavy atom. The number of anilines is 5. The van der Waals surface area contributed by atoms with Crippen LogP contribution in [0.4, 0.5) is 28.4 Å². The van der Waals surface area contributed by atoms with Gasteiger partial charge in [-0.2, -0.15) is 5.26 Å². The van der Waals surface area contributed by atoms with E-state index in [9.17, 15) is 10.1 Å². The second-order valence-corrected chi connectivity index (χ2v) is 11.6. The Bertz CT molecular complexity index is 1720. The summed E-state index contributed by atoms with van der Waals surface area (Å²) in [6, 6.07) is 19.5. The van der Waals surface area contributed by atoms with Gasteiger partial charge in [0.15, 0.2) is 0 Å². The van der Waals surface area contributed by atoms with Gasteiger partial charge < -0.3 is 35.6 Å². The monoisotopic (exact) mass is 627 g/mol.